The number of rotatable bonds is 3. The summed E-state index contributed by atoms with van der Waals surface area (Å²) in [6, 6.07) is 6.60. The van der Waals surface area contributed by atoms with Gasteiger partial charge in [-0.05, 0) is 64.3 Å². The summed E-state index contributed by atoms with van der Waals surface area (Å²) in [5, 5.41) is 0. The predicted octanol–water partition coefficient (Wildman–Crippen LogP) is 3.32. The minimum Gasteiger partial charge on any atom is -0.444 e. The van der Waals surface area contributed by atoms with Crippen LogP contribution in [0.3, 0.4) is 0 Å². The number of carbonyl (C=O) groups excluding carboxylic acids is 2. The molecule has 0 spiro atoms. The van der Waals surface area contributed by atoms with E-state index in [1.807, 2.05) is 20.8 Å². The number of likely N-dealkylation sites (tertiary alicyclic amines) is 1. The molecule has 0 atom stereocenters. The zero-order chi connectivity index (χ0) is 23.5. The molecule has 0 bridgehead atoms. The standard InChI is InChI=1S/C22H32BrN3O5S/c1-22(2,3)31-21(28)25-13-9-17(10-14-25)20(27)24-11-4-12-26(16-15-24)32(29,30)19-7-5-18(23)6-8-19/h5-8,17H,4,9-16H2,1-3H3. The van der Waals surface area contributed by atoms with Crippen molar-refractivity contribution < 1.29 is 22.7 Å². The van der Waals surface area contributed by atoms with Gasteiger partial charge < -0.3 is 14.5 Å². The van der Waals surface area contributed by atoms with Gasteiger partial charge in [-0.15, -0.1) is 0 Å². The van der Waals surface area contributed by atoms with Gasteiger partial charge in [-0.2, -0.15) is 4.31 Å². The number of piperidine rings is 1. The van der Waals surface area contributed by atoms with Gasteiger partial charge in [-0.3, -0.25) is 4.79 Å². The molecule has 3 rings (SSSR count). The van der Waals surface area contributed by atoms with Crippen LogP contribution in [0.4, 0.5) is 4.79 Å². The largest absolute Gasteiger partial charge is 0.444 e. The number of sulfonamides is 1. The lowest BCUT2D eigenvalue weighted by molar-refractivity contribution is -0.136. The van der Waals surface area contributed by atoms with E-state index in [0.29, 0.717) is 52.0 Å². The van der Waals surface area contributed by atoms with Gasteiger partial charge in [0.15, 0.2) is 0 Å². The molecule has 2 aliphatic heterocycles. The Morgan fingerprint density at radius 3 is 2.16 bits per heavy atom. The van der Waals surface area contributed by atoms with Gasteiger partial charge in [0.2, 0.25) is 15.9 Å². The van der Waals surface area contributed by atoms with E-state index in [0.717, 1.165) is 4.47 Å². The second-order valence-electron chi connectivity index (χ2n) is 9.28. The van der Waals surface area contributed by atoms with Crippen LogP contribution in [-0.2, 0) is 19.6 Å². The first kappa shape index (κ1) is 25.0. The van der Waals surface area contributed by atoms with Crippen molar-refractivity contribution in [2.45, 2.75) is 50.5 Å². The van der Waals surface area contributed by atoms with Crippen LogP contribution in [-0.4, -0.2) is 79.4 Å². The molecule has 1 aromatic carbocycles. The van der Waals surface area contributed by atoms with Crippen molar-refractivity contribution >= 4 is 38.0 Å². The first-order valence-electron chi connectivity index (χ1n) is 11.0. The number of hydrogen-bond acceptors (Lipinski definition) is 5. The van der Waals surface area contributed by atoms with Crippen molar-refractivity contribution in [1.82, 2.24) is 14.1 Å². The molecule has 0 aromatic heterocycles. The zero-order valence-electron chi connectivity index (χ0n) is 18.9. The molecule has 2 aliphatic rings. The van der Waals surface area contributed by atoms with E-state index in [1.165, 1.54) is 4.31 Å². The molecule has 32 heavy (non-hydrogen) atoms. The van der Waals surface area contributed by atoms with Crippen molar-refractivity contribution in [3.05, 3.63) is 28.7 Å². The Morgan fingerprint density at radius 1 is 0.938 bits per heavy atom. The topological polar surface area (TPSA) is 87.2 Å². The molecule has 0 unspecified atom stereocenters. The maximum Gasteiger partial charge on any atom is 0.410 e. The molecular formula is C22H32BrN3O5S. The quantitative estimate of drug-likeness (QED) is 0.599. The van der Waals surface area contributed by atoms with E-state index in [-0.39, 0.29) is 29.4 Å². The lowest BCUT2D eigenvalue weighted by Gasteiger charge is -2.34. The molecule has 2 fully saturated rings. The number of hydrogen-bond donors (Lipinski definition) is 0. The maximum atomic E-state index is 13.1. The molecule has 2 heterocycles. The third-order valence-corrected chi connectivity index (χ3v) is 8.16. The Balaban J connectivity index is 1.55. The highest BCUT2D eigenvalue weighted by molar-refractivity contribution is 9.10. The van der Waals surface area contributed by atoms with Gasteiger partial charge in [-0.25, -0.2) is 13.2 Å². The summed E-state index contributed by atoms with van der Waals surface area (Å²) >= 11 is 3.33. The molecule has 0 N–H and O–H groups in total. The normalized spacial score (nSPS) is 19.5. The van der Waals surface area contributed by atoms with Gasteiger partial charge in [0.05, 0.1) is 4.90 Å². The van der Waals surface area contributed by atoms with Crippen LogP contribution in [0.1, 0.15) is 40.0 Å². The van der Waals surface area contributed by atoms with Crippen LogP contribution in [0.2, 0.25) is 0 Å². The average molecular weight is 530 g/mol. The smallest absolute Gasteiger partial charge is 0.410 e. The lowest BCUT2D eigenvalue weighted by atomic mass is 9.95. The van der Waals surface area contributed by atoms with Crippen LogP contribution >= 0.6 is 15.9 Å². The molecule has 8 nitrogen and oxygen atoms in total. The van der Waals surface area contributed by atoms with Gasteiger partial charge in [-0.1, -0.05) is 15.9 Å². The molecule has 10 heteroatoms. The monoisotopic (exact) mass is 529 g/mol. The Labute approximate surface area is 199 Å². The third-order valence-electron chi connectivity index (χ3n) is 5.71. The number of nitrogens with zero attached hydrogens (tertiary/aromatic N) is 3. The van der Waals surface area contributed by atoms with Gasteiger partial charge in [0.1, 0.15) is 5.60 Å². The van der Waals surface area contributed by atoms with E-state index < -0.39 is 15.6 Å². The summed E-state index contributed by atoms with van der Waals surface area (Å²) in [7, 11) is -3.59. The van der Waals surface area contributed by atoms with Crippen molar-refractivity contribution in [3.63, 3.8) is 0 Å². The Morgan fingerprint density at radius 2 is 1.56 bits per heavy atom. The molecule has 1 aromatic rings. The molecule has 0 aliphatic carbocycles. The minimum atomic E-state index is -3.59. The van der Waals surface area contributed by atoms with Crippen molar-refractivity contribution in [1.29, 1.82) is 0 Å². The number of carbonyl (C=O) groups is 2. The Bertz CT molecular complexity index is 922. The fourth-order valence-electron chi connectivity index (χ4n) is 4.00. The Kier molecular flexibility index (Phi) is 7.88. The van der Waals surface area contributed by atoms with Gasteiger partial charge in [0.25, 0.3) is 0 Å². The number of benzene rings is 1. The first-order valence-corrected chi connectivity index (χ1v) is 13.2. The van der Waals surface area contributed by atoms with Crippen LogP contribution in [0.15, 0.2) is 33.6 Å². The summed E-state index contributed by atoms with van der Waals surface area (Å²) in [5.74, 6) is -0.0972. The number of halogens is 1. The number of ether oxygens (including phenoxy) is 1. The summed E-state index contributed by atoms with van der Waals surface area (Å²) in [5.41, 5.74) is -0.543. The predicted molar refractivity (Wildman–Crippen MR) is 125 cm³/mol. The fraction of sp³-hybridized carbons (Fsp3) is 0.636. The highest BCUT2D eigenvalue weighted by atomic mass is 79.9. The van der Waals surface area contributed by atoms with Crippen molar-refractivity contribution in [2.75, 3.05) is 39.3 Å². The molecule has 0 saturated carbocycles. The van der Waals surface area contributed by atoms with E-state index in [2.05, 4.69) is 15.9 Å². The lowest BCUT2D eigenvalue weighted by Crippen LogP contribution is -2.46. The summed E-state index contributed by atoms with van der Waals surface area (Å²) in [6.07, 6.45) is 1.44. The van der Waals surface area contributed by atoms with E-state index in [9.17, 15) is 18.0 Å². The molecular weight excluding hydrogens is 498 g/mol. The maximum absolute atomic E-state index is 13.1. The van der Waals surface area contributed by atoms with E-state index in [1.54, 1.807) is 34.1 Å². The average Bonchev–Trinajstić information content (AvgIpc) is 2.99. The SMILES string of the molecule is CC(C)(C)OC(=O)N1CCC(C(=O)N2CCCN(S(=O)(=O)c3ccc(Br)cc3)CC2)CC1. The van der Waals surface area contributed by atoms with Crippen LogP contribution in [0.5, 0.6) is 0 Å². The van der Waals surface area contributed by atoms with E-state index in [4.69, 9.17) is 4.74 Å². The number of amides is 2. The zero-order valence-corrected chi connectivity index (χ0v) is 21.3. The second kappa shape index (κ2) is 10.1. The third kappa shape index (κ3) is 6.23. The van der Waals surface area contributed by atoms with Crippen molar-refractivity contribution in [3.8, 4) is 0 Å². The summed E-state index contributed by atoms with van der Waals surface area (Å²) < 4.78 is 33.7. The van der Waals surface area contributed by atoms with Gasteiger partial charge in [0, 0.05) is 49.7 Å². The summed E-state index contributed by atoms with van der Waals surface area (Å²) in [4.78, 5) is 29.0. The van der Waals surface area contributed by atoms with Crippen molar-refractivity contribution in [2.24, 2.45) is 5.92 Å². The first-order chi connectivity index (χ1) is 15.0. The molecule has 178 valence electrons. The van der Waals surface area contributed by atoms with Crippen LogP contribution in [0.25, 0.3) is 0 Å². The minimum absolute atomic E-state index is 0.0525. The fourth-order valence-corrected chi connectivity index (χ4v) is 5.74. The highest BCUT2D eigenvalue weighted by Crippen LogP contribution is 2.24. The van der Waals surface area contributed by atoms with Crippen LogP contribution < -0.4 is 0 Å². The molecule has 0 radical (unpaired) electrons. The highest BCUT2D eigenvalue weighted by Gasteiger charge is 2.34. The van der Waals surface area contributed by atoms with Gasteiger partial charge >= 0.3 is 6.09 Å². The summed E-state index contributed by atoms with van der Waals surface area (Å²) in [6.45, 7) is 8.06. The Hall–Kier alpha value is -1.65. The molecule has 2 amide bonds. The second-order valence-corrected chi connectivity index (χ2v) is 12.1. The van der Waals surface area contributed by atoms with E-state index >= 15 is 0 Å². The molecule has 2 saturated heterocycles. The van der Waals surface area contributed by atoms with Crippen LogP contribution in [0, 0.1) is 5.92 Å².